The van der Waals surface area contributed by atoms with Crippen molar-refractivity contribution >= 4 is 21.5 Å². The number of hydrogen-bond acceptors (Lipinski definition) is 6. The number of sulfone groups is 1. The Morgan fingerprint density at radius 1 is 1.15 bits per heavy atom. The molecule has 0 aromatic heterocycles. The minimum absolute atomic E-state index is 0.0458. The monoisotopic (exact) mass is 385 g/mol. The van der Waals surface area contributed by atoms with E-state index in [2.05, 4.69) is 0 Å². The van der Waals surface area contributed by atoms with Crippen LogP contribution in [0.4, 0.5) is 14.5 Å². The molecule has 2 rings (SSSR count). The van der Waals surface area contributed by atoms with E-state index < -0.39 is 37.5 Å². The molecule has 0 heterocycles. The van der Waals surface area contributed by atoms with Crippen molar-refractivity contribution < 1.29 is 31.7 Å². The number of nitro groups is 1. The number of halogens is 2. The van der Waals surface area contributed by atoms with Crippen LogP contribution >= 0.6 is 0 Å². The number of esters is 1. The van der Waals surface area contributed by atoms with Crippen molar-refractivity contribution in [3.63, 3.8) is 0 Å². The zero-order valence-corrected chi connectivity index (χ0v) is 14.2. The maximum atomic E-state index is 12.5. The Balaban J connectivity index is 2.15. The van der Waals surface area contributed by atoms with Crippen LogP contribution in [-0.2, 0) is 14.6 Å². The van der Waals surface area contributed by atoms with E-state index in [0.29, 0.717) is 5.56 Å². The van der Waals surface area contributed by atoms with Crippen LogP contribution in [0.1, 0.15) is 28.9 Å². The Hall–Kier alpha value is -2.88. The van der Waals surface area contributed by atoms with Gasteiger partial charge in [-0.3, -0.25) is 10.1 Å². The van der Waals surface area contributed by atoms with Gasteiger partial charge in [-0.1, -0.05) is 12.1 Å². The Kier molecular flexibility index (Phi) is 5.66. The van der Waals surface area contributed by atoms with Gasteiger partial charge in [-0.15, -0.1) is 0 Å². The zero-order chi connectivity index (χ0) is 19.5. The van der Waals surface area contributed by atoms with E-state index in [1.54, 1.807) is 6.07 Å². The first kappa shape index (κ1) is 19.4. The van der Waals surface area contributed by atoms with Crippen molar-refractivity contribution in [2.45, 2.75) is 23.7 Å². The van der Waals surface area contributed by atoms with E-state index in [1.807, 2.05) is 0 Å². The summed E-state index contributed by atoms with van der Waals surface area (Å²) in [5.74, 6) is -4.39. The third-order valence-corrected chi connectivity index (χ3v) is 4.89. The van der Waals surface area contributed by atoms with Crippen molar-refractivity contribution in [2.75, 3.05) is 0 Å². The largest absolute Gasteiger partial charge is 0.454 e. The minimum atomic E-state index is -4.75. The Morgan fingerprint density at radius 3 is 2.31 bits per heavy atom. The molecule has 0 saturated carbocycles. The highest BCUT2D eigenvalue weighted by Crippen LogP contribution is 2.24. The van der Waals surface area contributed by atoms with Crippen LogP contribution in [0.15, 0.2) is 53.4 Å². The highest BCUT2D eigenvalue weighted by atomic mass is 32.2. The van der Waals surface area contributed by atoms with Gasteiger partial charge in [-0.25, -0.2) is 13.2 Å². The lowest BCUT2D eigenvalue weighted by Crippen LogP contribution is -2.12. The fourth-order valence-corrected chi connectivity index (χ4v) is 2.79. The Bertz CT molecular complexity index is 928. The molecule has 26 heavy (non-hydrogen) atoms. The van der Waals surface area contributed by atoms with E-state index >= 15 is 0 Å². The molecule has 0 unspecified atom stereocenters. The number of benzene rings is 2. The van der Waals surface area contributed by atoms with Crippen LogP contribution in [0.25, 0.3) is 0 Å². The molecule has 138 valence electrons. The van der Waals surface area contributed by atoms with Gasteiger partial charge in [0.25, 0.3) is 5.69 Å². The maximum Gasteiger partial charge on any atom is 0.341 e. The second kappa shape index (κ2) is 7.56. The lowest BCUT2D eigenvalue weighted by Gasteiger charge is -2.13. The number of carbonyl (C=O) groups excluding carboxylic acids is 1. The molecule has 0 aliphatic rings. The minimum Gasteiger partial charge on any atom is -0.454 e. The summed E-state index contributed by atoms with van der Waals surface area (Å²) in [5, 5.41) is 10.8. The van der Waals surface area contributed by atoms with Gasteiger partial charge in [0.15, 0.2) is 0 Å². The number of rotatable bonds is 6. The topological polar surface area (TPSA) is 104 Å². The van der Waals surface area contributed by atoms with E-state index in [4.69, 9.17) is 4.74 Å². The first-order valence-corrected chi connectivity index (χ1v) is 8.75. The lowest BCUT2D eigenvalue weighted by molar-refractivity contribution is -0.385. The predicted octanol–water partition coefficient (Wildman–Crippen LogP) is 3.51. The molecule has 0 radical (unpaired) electrons. The molecule has 2 aromatic rings. The van der Waals surface area contributed by atoms with Gasteiger partial charge in [-0.2, -0.15) is 8.78 Å². The molecule has 1 atom stereocenters. The summed E-state index contributed by atoms with van der Waals surface area (Å²) in [6.07, 6.45) is -0.813. The van der Waals surface area contributed by atoms with Gasteiger partial charge < -0.3 is 4.74 Å². The van der Waals surface area contributed by atoms with Crippen LogP contribution in [0.5, 0.6) is 0 Å². The summed E-state index contributed by atoms with van der Waals surface area (Å²) in [7, 11) is -4.75. The molecule has 0 spiro atoms. The van der Waals surface area contributed by atoms with Crippen molar-refractivity contribution in [3.05, 3.63) is 69.8 Å². The average Bonchev–Trinajstić information content (AvgIpc) is 2.61. The molecule has 0 aliphatic heterocycles. The van der Waals surface area contributed by atoms with Gasteiger partial charge in [0, 0.05) is 12.1 Å². The van der Waals surface area contributed by atoms with E-state index in [-0.39, 0.29) is 11.3 Å². The van der Waals surface area contributed by atoms with Crippen molar-refractivity contribution in [1.82, 2.24) is 0 Å². The van der Waals surface area contributed by atoms with Gasteiger partial charge >= 0.3 is 11.7 Å². The number of nitrogens with zero attached hydrogens (tertiary/aromatic N) is 1. The Morgan fingerprint density at radius 2 is 1.77 bits per heavy atom. The second-order valence-corrected chi connectivity index (χ2v) is 7.15. The molecule has 0 bridgehead atoms. The fourth-order valence-electron chi connectivity index (χ4n) is 2.07. The van der Waals surface area contributed by atoms with Crippen molar-refractivity contribution in [2.24, 2.45) is 0 Å². The third kappa shape index (κ3) is 4.20. The molecule has 10 heteroatoms. The van der Waals surface area contributed by atoms with Gasteiger partial charge in [0.05, 0.1) is 15.4 Å². The summed E-state index contributed by atoms with van der Waals surface area (Å²) >= 11 is 0. The van der Waals surface area contributed by atoms with E-state index in [9.17, 15) is 32.1 Å². The SMILES string of the molecule is C[C@H](OC(=O)c1ccc(S(=O)(=O)C(F)F)cc1)c1cccc([N+](=O)[O-])c1. The number of hydrogen-bond donors (Lipinski definition) is 0. The molecule has 0 fully saturated rings. The van der Waals surface area contributed by atoms with Crippen LogP contribution in [0, 0.1) is 10.1 Å². The van der Waals surface area contributed by atoms with Gasteiger partial charge in [-0.05, 0) is 36.8 Å². The second-order valence-electron chi connectivity index (χ2n) is 5.23. The van der Waals surface area contributed by atoms with Crippen molar-refractivity contribution in [1.29, 1.82) is 0 Å². The van der Waals surface area contributed by atoms with Crippen LogP contribution in [0.2, 0.25) is 0 Å². The van der Waals surface area contributed by atoms with Crippen LogP contribution in [-0.4, -0.2) is 25.1 Å². The molecule has 0 N–H and O–H groups in total. The first-order valence-electron chi connectivity index (χ1n) is 7.20. The Labute approximate surface area is 147 Å². The molecular weight excluding hydrogens is 372 g/mol. The van der Waals surface area contributed by atoms with Crippen molar-refractivity contribution in [3.8, 4) is 0 Å². The molecule has 0 saturated heterocycles. The molecule has 7 nitrogen and oxygen atoms in total. The fraction of sp³-hybridized carbons (Fsp3) is 0.188. The van der Waals surface area contributed by atoms with Crippen LogP contribution < -0.4 is 0 Å². The first-order chi connectivity index (χ1) is 12.1. The quantitative estimate of drug-likeness (QED) is 0.428. The standard InChI is InChI=1S/C16H13F2NO6S/c1-10(12-3-2-4-13(9-12)19(21)22)25-15(20)11-5-7-14(8-6-11)26(23,24)16(17)18/h2-10,16H,1H3/t10-/m0/s1. The number of carbonyl (C=O) groups is 1. The number of alkyl halides is 2. The number of ether oxygens (including phenoxy) is 1. The summed E-state index contributed by atoms with van der Waals surface area (Å²) in [4.78, 5) is 21.7. The summed E-state index contributed by atoms with van der Waals surface area (Å²) in [6.45, 7) is 1.51. The predicted molar refractivity (Wildman–Crippen MR) is 86.6 cm³/mol. The summed E-state index contributed by atoms with van der Waals surface area (Å²) < 4.78 is 52.8. The van der Waals surface area contributed by atoms with E-state index in [1.165, 1.54) is 25.1 Å². The number of nitro benzene ring substituents is 1. The van der Waals surface area contributed by atoms with E-state index in [0.717, 1.165) is 24.3 Å². The highest BCUT2D eigenvalue weighted by molar-refractivity contribution is 7.91. The lowest BCUT2D eigenvalue weighted by atomic mass is 10.1. The zero-order valence-electron chi connectivity index (χ0n) is 13.3. The maximum absolute atomic E-state index is 12.5. The normalized spacial score (nSPS) is 12.6. The van der Waals surface area contributed by atoms with Gasteiger partial charge in [0.1, 0.15) is 6.10 Å². The van der Waals surface area contributed by atoms with Crippen LogP contribution in [0.3, 0.4) is 0 Å². The summed E-state index contributed by atoms with van der Waals surface area (Å²) in [5.41, 5.74) is 0.187. The molecule has 2 aromatic carbocycles. The van der Waals surface area contributed by atoms with Gasteiger partial charge in [0.2, 0.25) is 9.84 Å². The third-order valence-electron chi connectivity index (χ3n) is 3.49. The number of non-ortho nitro benzene ring substituents is 1. The molecular formula is C16H13F2NO6S. The molecule has 0 amide bonds. The smallest absolute Gasteiger partial charge is 0.341 e. The molecule has 0 aliphatic carbocycles. The highest BCUT2D eigenvalue weighted by Gasteiger charge is 2.26. The summed E-state index contributed by atoms with van der Waals surface area (Å²) in [6, 6.07) is 9.42. The average molecular weight is 385 g/mol.